The Morgan fingerprint density at radius 2 is 2.12 bits per heavy atom. The SMILES string of the molecule is CCCCOC(=O)C(C)Oc1ccc(-c2ccc(I)cn2)cc1O. The lowest BCUT2D eigenvalue weighted by Crippen LogP contribution is -2.26. The number of aromatic hydroxyl groups is 1. The first-order valence-corrected chi connectivity index (χ1v) is 8.87. The van der Waals surface area contributed by atoms with Crippen LogP contribution in [0.4, 0.5) is 0 Å². The summed E-state index contributed by atoms with van der Waals surface area (Å²) in [7, 11) is 0. The summed E-state index contributed by atoms with van der Waals surface area (Å²) in [5, 5.41) is 10.1. The molecule has 0 fully saturated rings. The fourth-order valence-electron chi connectivity index (χ4n) is 2.00. The molecule has 0 bridgehead atoms. The Hall–Kier alpha value is -1.83. The van der Waals surface area contributed by atoms with Gasteiger partial charge in [0, 0.05) is 15.3 Å². The fourth-order valence-corrected chi connectivity index (χ4v) is 2.32. The van der Waals surface area contributed by atoms with E-state index in [-0.39, 0.29) is 11.5 Å². The molecule has 1 aromatic carbocycles. The number of carbonyl (C=O) groups excluding carboxylic acids is 1. The minimum atomic E-state index is -0.782. The molecule has 1 heterocycles. The van der Waals surface area contributed by atoms with Crippen LogP contribution in [0.25, 0.3) is 11.3 Å². The molecular formula is C18H20INO4. The number of hydrogen-bond acceptors (Lipinski definition) is 5. The molecule has 0 aliphatic rings. The summed E-state index contributed by atoms with van der Waals surface area (Å²) in [4.78, 5) is 16.1. The van der Waals surface area contributed by atoms with Gasteiger partial charge >= 0.3 is 5.97 Å². The number of halogens is 1. The molecule has 1 atom stereocenters. The van der Waals surface area contributed by atoms with Gasteiger partial charge in [0.05, 0.1) is 12.3 Å². The number of pyridine rings is 1. The van der Waals surface area contributed by atoms with E-state index >= 15 is 0 Å². The highest BCUT2D eigenvalue weighted by molar-refractivity contribution is 14.1. The zero-order chi connectivity index (χ0) is 17.5. The van der Waals surface area contributed by atoms with Gasteiger partial charge in [0.2, 0.25) is 0 Å². The number of carbonyl (C=O) groups is 1. The van der Waals surface area contributed by atoms with Crippen LogP contribution in [0.15, 0.2) is 36.5 Å². The monoisotopic (exact) mass is 441 g/mol. The molecule has 0 saturated carbocycles. The number of benzene rings is 1. The topological polar surface area (TPSA) is 68.7 Å². The van der Waals surface area contributed by atoms with Crippen molar-refractivity contribution in [3.63, 3.8) is 0 Å². The Morgan fingerprint density at radius 3 is 2.75 bits per heavy atom. The third kappa shape index (κ3) is 5.09. The predicted molar refractivity (Wildman–Crippen MR) is 100 cm³/mol. The van der Waals surface area contributed by atoms with Gasteiger partial charge in [0.1, 0.15) is 0 Å². The second kappa shape index (κ2) is 8.86. The van der Waals surface area contributed by atoms with Gasteiger partial charge in [-0.05, 0) is 66.3 Å². The number of ether oxygens (including phenoxy) is 2. The molecule has 5 nitrogen and oxygen atoms in total. The number of rotatable bonds is 7. The Bertz CT molecular complexity index is 688. The summed E-state index contributed by atoms with van der Waals surface area (Å²) in [5.74, 6) is -0.239. The van der Waals surface area contributed by atoms with E-state index in [4.69, 9.17) is 9.47 Å². The number of phenols is 1. The molecule has 0 radical (unpaired) electrons. The number of phenolic OH excluding ortho intramolecular Hbond substituents is 1. The molecule has 1 N–H and O–H groups in total. The Balaban J connectivity index is 2.04. The van der Waals surface area contributed by atoms with Crippen LogP contribution in [0.5, 0.6) is 11.5 Å². The number of unbranched alkanes of at least 4 members (excludes halogenated alkanes) is 1. The molecular weight excluding hydrogens is 421 g/mol. The Labute approximate surface area is 155 Å². The first kappa shape index (κ1) is 18.5. The average molecular weight is 441 g/mol. The average Bonchev–Trinajstić information content (AvgIpc) is 2.57. The van der Waals surface area contributed by atoms with Crippen molar-refractivity contribution in [1.29, 1.82) is 0 Å². The van der Waals surface area contributed by atoms with Crippen LogP contribution in [0.3, 0.4) is 0 Å². The van der Waals surface area contributed by atoms with Crippen molar-refractivity contribution >= 4 is 28.6 Å². The molecule has 24 heavy (non-hydrogen) atoms. The third-order valence-corrected chi connectivity index (χ3v) is 4.00. The van der Waals surface area contributed by atoms with Crippen LogP contribution >= 0.6 is 22.6 Å². The molecule has 0 spiro atoms. The first-order valence-electron chi connectivity index (χ1n) is 7.79. The van der Waals surface area contributed by atoms with Crippen molar-refractivity contribution in [2.75, 3.05) is 6.61 Å². The predicted octanol–water partition coefficient (Wildman–Crippen LogP) is 4.17. The molecule has 0 aliphatic heterocycles. The zero-order valence-electron chi connectivity index (χ0n) is 13.7. The minimum absolute atomic E-state index is 0.0407. The van der Waals surface area contributed by atoms with Crippen LogP contribution in [-0.2, 0) is 9.53 Å². The smallest absolute Gasteiger partial charge is 0.347 e. The van der Waals surface area contributed by atoms with E-state index in [1.54, 1.807) is 31.3 Å². The number of aromatic nitrogens is 1. The molecule has 0 saturated heterocycles. The molecule has 1 aromatic heterocycles. The summed E-state index contributed by atoms with van der Waals surface area (Å²) in [6.45, 7) is 4.00. The van der Waals surface area contributed by atoms with Gasteiger partial charge < -0.3 is 14.6 Å². The van der Waals surface area contributed by atoms with Crippen molar-refractivity contribution in [3.8, 4) is 22.8 Å². The lowest BCUT2D eigenvalue weighted by molar-refractivity contribution is -0.151. The highest BCUT2D eigenvalue weighted by atomic mass is 127. The Kier molecular flexibility index (Phi) is 6.84. The second-order valence-corrected chi connectivity index (χ2v) is 6.57. The number of esters is 1. The van der Waals surface area contributed by atoms with E-state index in [0.29, 0.717) is 6.61 Å². The highest BCUT2D eigenvalue weighted by Crippen LogP contribution is 2.31. The summed E-state index contributed by atoms with van der Waals surface area (Å²) in [5.41, 5.74) is 1.53. The van der Waals surface area contributed by atoms with E-state index in [1.165, 1.54) is 0 Å². The quantitative estimate of drug-likeness (QED) is 0.397. The summed E-state index contributed by atoms with van der Waals surface area (Å²) in [6, 6.07) is 8.81. The lowest BCUT2D eigenvalue weighted by atomic mass is 10.1. The summed E-state index contributed by atoms with van der Waals surface area (Å²) in [6.07, 6.45) is 2.75. The summed E-state index contributed by atoms with van der Waals surface area (Å²) >= 11 is 2.18. The van der Waals surface area contributed by atoms with Gasteiger partial charge in [-0.2, -0.15) is 0 Å². The van der Waals surface area contributed by atoms with Crippen LogP contribution < -0.4 is 4.74 Å². The molecule has 0 amide bonds. The maximum Gasteiger partial charge on any atom is 0.347 e. The molecule has 128 valence electrons. The van der Waals surface area contributed by atoms with Gasteiger partial charge in [-0.15, -0.1) is 0 Å². The number of nitrogens with zero attached hydrogens (tertiary/aromatic N) is 1. The van der Waals surface area contributed by atoms with Crippen molar-refractivity contribution < 1.29 is 19.4 Å². The van der Waals surface area contributed by atoms with E-state index in [1.807, 2.05) is 19.1 Å². The largest absolute Gasteiger partial charge is 0.504 e. The van der Waals surface area contributed by atoms with E-state index in [0.717, 1.165) is 27.7 Å². The second-order valence-electron chi connectivity index (χ2n) is 5.33. The number of hydrogen-bond donors (Lipinski definition) is 1. The molecule has 1 unspecified atom stereocenters. The maximum absolute atomic E-state index is 11.8. The molecule has 0 aliphatic carbocycles. The van der Waals surface area contributed by atoms with E-state index in [9.17, 15) is 9.90 Å². The van der Waals surface area contributed by atoms with Crippen molar-refractivity contribution in [2.24, 2.45) is 0 Å². The van der Waals surface area contributed by atoms with Gasteiger partial charge in [0.15, 0.2) is 17.6 Å². The normalized spacial score (nSPS) is 11.8. The van der Waals surface area contributed by atoms with Crippen LogP contribution in [0, 0.1) is 3.57 Å². The van der Waals surface area contributed by atoms with Gasteiger partial charge in [-0.1, -0.05) is 13.3 Å². The maximum atomic E-state index is 11.8. The first-order chi connectivity index (χ1) is 11.5. The molecule has 2 rings (SSSR count). The zero-order valence-corrected chi connectivity index (χ0v) is 15.8. The highest BCUT2D eigenvalue weighted by Gasteiger charge is 2.18. The van der Waals surface area contributed by atoms with E-state index < -0.39 is 12.1 Å². The van der Waals surface area contributed by atoms with Crippen molar-refractivity contribution in [2.45, 2.75) is 32.8 Å². The van der Waals surface area contributed by atoms with Crippen molar-refractivity contribution in [1.82, 2.24) is 4.98 Å². The van der Waals surface area contributed by atoms with Crippen LogP contribution in [0.2, 0.25) is 0 Å². The third-order valence-electron chi connectivity index (χ3n) is 3.36. The van der Waals surface area contributed by atoms with Crippen molar-refractivity contribution in [3.05, 3.63) is 40.1 Å². The Morgan fingerprint density at radius 1 is 1.33 bits per heavy atom. The molecule has 6 heteroatoms. The lowest BCUT2D eigenvalue weighted by Gasteiger charge is -2.15. The standard InChI is InChI=1S/C18H20INO4/c1-3-4-9-23-18(22)12(2)24-17-8-5-13(10-16(17)21)15-7-6-14(19)11-20-15/h5-8,10-12,21H,3-4,9H2,1-2H3. The van der Waals surface area contributed by atoms with Gasteiger partial charge in [0.25, 0.3) is 0 Å². The van der Waals surface area contributed by atoms with Gasteiger partial charge in [-0.25, -0.2) is 4.79 Å². The van der Waals surface area contributed by atoms with Gasteiger partial charge in [-0.3, -0.25) is 4.98 Å². The minimum Gasteiger partial charge on any atom is -0.504 e. The summed E-state index contributed by atoms with van der Waals surface area (Å²) < 4.78 is 11.6. The fraction of sp³-hybridized carbons (Fsp3) is 0.333. The van der Waals surface area contributed by atoms with E-state index in [2.05, 4.69) is 27.6 Å². The van der Waals surface area contributed by atoms with Crippen LogP contribution in [0.1, 0.15) is 26.7 Å². The molecule has 2 aromatic rings. The van der Waals surface area contributed by atoms with Crippen LogP contribution in [-0.4, -0.2) is 28.8 Å².